The molecule has 1 atom stereocenters. The van der Waals surface area contributed by atoms with Crippen LogP contribution in [0.1, 0.15) is 57.2 Å². The van der Waals surface area contributed by atoms with Crippen LogP contribution in [-0.2, 0) is 0 Å². The highest BCUT2D eigenvalue weighted by molar-refractivity contribution is 5.58. The predicted octanol–water partition coefficient (Wildman–Crippen LogP) is 4.17. The molecular formula is C17H27FN2. The van der Waals surface area contributed by atoms with Crippen LogP contribution in [0.15, 0.2) is 12.1 Å². The van der Waals surface area contributed by atoms with Gasteiger partial charge < -0.3 is 10.6 Å². The highest BCUT2D eigenvalue weighted by Gasteiger charge is 2.31. The van der Waals surface area contributed by atoms with Crippen molar-refractivity contribution in [3.05, 3.63) is 29.1 Å². The van der Waals surface area contributed by atoms with Crippen molar-refractivity contribution in [2.45, 2.75) is 59.0 Å². The second-order valence-corrected chi connectivity index (χ2v) is 6.56. The molecule has 20 heavy (non-hydrogen) atoms. The van der Waals surface area contributed by atoms with E-state index in [1.807, 2.05) is 19.9 Å². The third-order valence-electron chi connectivity index (χ3n) is 4.04. The van der Waals surface area contributed by atoms with E-state index in [4.69, 9.17) is 5.73 Å². The van der Waals surface area contributed by atoms with E-state index in [-0.39, 0.29) is 11.9 Å². The van der Waals surface area contributed by atoms with Crippen molar-refractivity contribution >= 4 is 5.69 Å². The van der Waals surface area contributed by atoms with Gasteiger partial charge in [0.15, 0.2) is 0 Å². The summed E-state index contributed by atoms with van der Waals surface area (Å²) in [4.78, 5) is 2.45. The Morgan fingerprint density at radius 3 is 2.45 bits per heavy atom. The Labute approximate surface area is 122 Å². The van der Waals surface area contributed by atoms with E-state index in [1.54, 1.807) is 6.07 Å². The number of hydrogen-bond acceptors (Lipinski definition) is 2. The van der Waals surface area contributed by atoms with Crippen LogP contribution in [0.5, 0.6) is 0 Å². The first-order valence-corrected chi connectivity index (χ1v) is 7.72. The van der Waals surface area contributed by atoms with E-state index in [1.165, 1.54) is 12.8 Å². The summed E-state index contributed by atoms with van der Waals surface area (Å²) >= 11 is 0. The van der Waals surface area contributed by atoms with Crippen LogP contribution >= 0.6 is 0 Å². The fourth-order valence-electron chi connectivity index (χ4n) is 2.58. The summed E-state index contributed by atoms with van der Waals surface area (Å²) in [7, 11) is 0. The lowest BCUT2D eigenvalue weighted by molar-refractivity contribution is 0.567. The minimum atomic E-state index is -0.152. The molecule has 112 valence electrons. The zero-order chi connectivity index (χ0) is 14.9. The van der Waals surface area contributed by atoms with E-state index in [9.17, 15) is 4.39 Å². The van der Waals surface area contributed by atoms with Crippen LogP contribution in [-0.4, -0.2) is 12.6 Å². The SMILES string of the molecule is Cc1cc(N(CCC(C)C)C2CC2)c(C(C)N)cc1F. The van der Waals surface area contributed by atoms with Crippen molar-refractivity contribution in [1.82, 2.24) is 0 Å². The minimum Gasteiger partial charge on any atom is -0.368 e. The molecule has 0 saturated heterocycles. The molecule has 1 aliphatic rings. The van der Waals surface area contributed by atoms with Crippen molar-refractivity contribution < 1.29 is 4.39 Å². The standard InChI is InChI=1S/C17H27FN2/c1-11(2)7-8-20(14-5-6-14)17-9-12(3)16(18)10-15(17)13(4)19/h9-11,13-14H,5-8,19H2,1-4H3. The quantitative estimate of drug-likeness (QED) is 0.846. The fraction of sp³-hybridized carbons (Fsp3) is 0.647. The van der Waals surface area contributed by atoms with Gasteiger partial charge in [0.25, 0.3) is 0 Å². The largest absolute Gasteiger partial charge is 0.368 e. The van der Waals surface area contributed by atoms with Gasteiger partial charge in [0, 0.05) is 24.3 Å². The molecule has 0 aliphatic heterocycles. The smallest absolute Gasteiger partial charge is 0.126 e. The Morgan fingerprint density at radius 1 is 1.30 bits per heavy atom. The van der Waals surface area contributed by atoms with E-state index in [0.717, 1.165) is 24.2 Å². The second kappa shape index (κ2) is 6.13. The van der Waals surface area contributed by atoms with Crippen LogP contribution in [0.25, 0.3) is 0 Å². The van der Waals surface area contributed by atoms with Crippen LogP contribution < -0.4 is 10.6 Å². The van der Waals surface area contributed by atoms with Crippen molar-refractivity contribution in [3.63, 3.8) is 0 Å². The Kier molecular flexibility index (Phi) is 4.69. The van der Waals surface area contributed by atoms with Gasteiger partial charge in [-0.25, -0.2) is 4.39 Å². The monoisotopic (exact) mass is 278 g/mol. The molecule has 2 rings (SSSR count). The summed E-state index contributed by atoms with van der Waals surface area (Å²) in [5.41, 5.74) is 8.84. The zero-order valence-electron chi connectivity index (χ0n) is 13.1. The number of rotatable bonds is 6. The summed E-state index contributed by atoms with van der Waals surface area (Å²) in [6.07, 6.45) is 3.64. The third-order valence-corrected chi connectivity index (χ3v) is 4.04. The molecule has 0 spiro atoms. The topological polar surface area (TPSA) is 29.3 Å². The minimum absolute atomic E-state index is 0.139. The number of aryl methyl sites for hydroxylation is 1. The molecule has 1 fully saturated rings. The average molecular weight is 278 g/mol. The molecule has 1 aromatic carbocycles. The predicted molar refractivity (Wildman–Crippen MR) is 83.6 cm³/mol. The molecule has 0 amide bonds. The van der Waals surface area contributed by atoms with Gasteiger partial charge in [-0.1, -0.05) is 13.8 Å². The molecule has 0 radical (unpaired) electrons. The molecule has 2 nitrogen and oxygen atoms in total. The summed E-state index contributed by atoms with van der Waals surface area (Å²) in [6.45, 7) is 9.28. The average Bonchev–Trinajstić information content (AvgIpc) is 3.17. The molecule has 0 bridgehead atoms. The van der Waals surface area contributed by atoms with Gasteiger partial charge in [0.1, 0.15) is 5.82 Å². The summed E-state index contributed by atoms with van der Waals surface area (Å²) < 4.78 is 13.8. The number of anilines is 1. The Hall–Kier alpha value is -1.09. The highest BCUT2D eigenvalue weighted by Crippen LogP contribution is 2.37. The van der Waals surface area contributed by atoms with Crippen molar-refractivity contribution in [2.24, 2.45) is 11.7 Å². The summed E-state index contributed by atoms with van der Waals surface area (Å²) in [5.74, 6) is 0.525. The van der Waals surface area contributed by atoms with E-state index < -0.39 is 0 Å². The normalized spacial score (nSPS) is 16.6. The fourth-order valence-corrected chi connectivity index (χ4v) is 2.58. The molecule has 1 aromatic rings. The lowest BCUT2D eigenvalue weighted by Crippen LogP contribution is -2.30. The highest BCUT2D eigenvalue weighted by atomic mass is 19.1. The zero-order valence-corrected chi connectivity index (χ0v) is 13.1. The molecular weight excluding hydrogens is 251 g/mol. The summed E-state index contributed by atoms with van der Waals surface area (Å²) in [6, 6.07) is 4.09. The maximum absolute atomic E-state index is 13.8. The van der Waals surface area contributed by atoms with Crippen molar-refractivity contribution in [1.29, 1.82) is 0 Å². The van der Waals surface area contributed by atoms with Gasteiger partial charge in [0.2, 0.25) is 0 Å². The number of nitrogens with two attached hydrogens (primary N) is 1. The Morgan fingerprint density at radius 2 is 1.95 bits per heavy atom. The number of nitrogens with zero attached hydrogens (tertiary/aromatic N) is 1. The maximum Gasteiger partial charge on any atom is 0.126 e. The van der Waals surface area contributed by atoms with Gasteiger partial charge in [-0.15, -0.1) is 0 Å². The summed E-state index contributed by atoms with van der Waals surface area (Å²) in [5, 5.41) is 0. The lowest BCUT2D eigenvalue weighted by Gasteiger charge is -2.29. The van der Waals surface area contributed by atoms with E-state index in [2.05, 4.69) is 18.7 Å². The van der Waals surface area contributed by atoms with Gasteiger partial charge in [-0.05, 0) is 62.3 Å². The molecule has 1 unspecified atom stereocenters. The first-order chi connectivity index (χ1) is 9.40. The third kappa shape index (κ3) is 3.51. The van der Waals surface area contributed by atoms with Crippen LogP contribution in [0.2, 0.25) is 0 Å². The lowest BCUT2D eigenvalue weighted by atomic mass is 10.0. The molecule has 1 saturated carbocycles. The maximum atomic E-state index is 13.8. The molecule has 2 N–H and O–H groups in total. The molecule has 3 heteroatoms. The number of hydrogen-bond donors (Lipinski definition) is 1. The molecule has 1 aliphatic carbocycles. The van der Waals surface area contributed by atoms with Crippen LogP contribution in [0, 0.1) is 18.7 Å². The van der Waals surface area contributed by atoms with Gasteiger partial charge in [-0.2, -0.15) is 0 Å². The molecule has 0 heterocycles. The first-order valence-electron chi connectivity index (χ1n) is 7.72. The van der Waals surface area contributed by atoms with E-state index in [0.29, 0.717) is 17.5 Å². The van der Waals surface area contributed by atoms with Crippen molar-refractivity contribution in [2.75, 3.05) is 11.4 Å². The van der Waals surface area contributed by atoms with E-state index >= 15 is 0 Å². The number of benzene rings is 1. The second-order valence-electron chi connectivity index (χ2n) is 6.56. The van der Waals surface area contributed by atoms with Gasteiger partial charge >= 0.3 is 0 Å². The number of halogens is 1. The van der Waals surface area contributed by atoms with Gasteiger partial charge in [0.05, 0.1) is 0 Å². The Bertz CT molecular complexity index is 464. The van der Waals surface area contributed by atoms with Crippen LogP contribution in [0.3, 0.4) is 0 Å². The van der Waals surface area contributed by atoms with Crippen LogP contribution in [0.4, 0.5) is 10.1 Å². The first kappa shape index (κ1) is 15.3. The molecule has 0 aromatic heterocycles. The van der Waals surface area contributed by atoms with Gasteiger partial charge in [-0.3, -0.25) is 0 Å². The van der Waals surface area contributed by atoms with Crippen molar-refractivity contribution in [3.8, 4) is 0 Å². The Balaban J connectivity index is 2.33.